The van der Waals surface area contributed by atoms with Crippen molar-refractivity contribution in [2.45, 2.75) is 13.0 Å². The maximum Gasteiger partial charge on any atom is 0.283 e. The van der Waals surface area contributed by atoms with E-state index in [-0.39, 0.29) is 16.7 Å². The lowest BCUT2D eigenvalue weighted by molar-refractivity contribution is 0.592. The van der Waals surface area contributed by atoms with Gasteiger partial charge in [-0.15, -0.1) is 0 Å². The van der Waals surface area contributed by atoms with E-state index in [1.165, 1.54) is 19.1 Å². The topological polar surface area (TPSA) is 107 Å². The van der Waals surface area contributed by atoms with Crippen molar-refractivity contribution in [2.24, 2.45) is 5.73 Å². The van der Waals surface area contributed by atoms with E-state index >= 15 is 0 Å². The number of fused-ring (bicyclic) bond motifs is 1. The fourth-order valence-electron chi connectivity index (χ4n) is 1.77. The van der Waals surface area contributed by atoms with Crippen molar-refractivity contribution in [1.82, 2.24) is 9.66 Å². The number of nitrogens with one attached hydrogen (secondary N) is 1. The fourth-order valence-corrected chi connectivity index (χ4v) is 2.27. The van der Waals surface area contributed by atoms with Crippen LogP contribution in [0.25, 0.3) is 10.9 Å². The number of rotatable bonds is 3. The molecule has 0 aliphatic rings. The summed E-state index contributed by atoms with van der Waals surface area (Å²) < 4.78 is 37.0. The van der Waals surface area contributed by atoms with Gasteiger partial charge in [-0.3, -0.25) is 4.79 Å². The highest BCUT2D eigenvalue weighted by Gasteiger charge is 2.18. The molecule has 0 aliphatic carbocycles. The smallest absolute Gasteiger partial charge is 0.283 e. The first-order valence-corrected chi connectivity index (χ1v) is 7.54. The quantitative estimate of drug-likeness (QED) is 0.833. The predicted octanol–water partition coefficient (Wildman–Crippen LogP) is 0.0584. The highest BCUT2D eigenvalue weighted by molar-refractivity contribution is 7.91. The average molecular weight is 300 g/mol. The first-order chi connectivity index (χ1) is 9.20. The van der Waals surface area contributed by atoms with Crippen molar-refractivity contribution in [3.63, 3.8) is 0 Å². The molecular formula is C11H13FN4O3S. The standard InChI is InChI=1S/C11H13FN4O3S/c1-6(13)10-14-8-5-3-4-7(12)9(8)11(17)16(10)15-20(2,18)19/h3-6,15H,13H2,1-2H3/t6-/m0/s1. The van der Waals surface area contributed by atoms with Gasteiger partial charge in [0.1, 0.15) is 17.0 Å². The molecule has 108 valence electrons. The van der Waals surface area contributed by atoms with Crippen LogP contribution in [-0.2, 0) is 10.0 Å². The second-order valence-electron chi connectivity index (χ2n) is 4.40. The minimum Gasteiger partial charge on any atom is -0.322 e. The number of sulfonamides is 1. The molecule has 0 saturated carbocycles. The minimum atomic E-state index is -3.74. The lowest BCUT2D eigenvalue weighted by Gasteiger charge is -2.16. The zero-order chi connectivity index (χ0) is 15.1. The molecule has 0 amide bonds. The van der Waals surface area contributed by atoms with E-state index in [1.54, 1.807) is 0 Å². The van der Waals surface area contributed by atoms with Crippen LogP contribution in [0.4, 0.5) is 4.39 Å². The van der Waals surface area contributed by atoms with Gasteiger partial charge in [-0.2, -0.15) is 4.68 Å². The van der Waals surface area contributed by atoms with Gasteiger partial charge in [0.15, 0.2) is 0 Å². The molecule has 1 aromatic carbocycles. The summed E-state index contributed by atoms with van der Waals surface area (Å²) in [4.78, 5) is 18.3. The van der Waals surface area contributed by atoms with Gasteiger partial charge in [-0.25, -0.2) is 22.6 Å². The molecule has 2 aromatic rings. The fraction of sp³-hybridized carbons (Fsp3) is 0.273. The summed E-state index contributed by atoms with van der Waals surface area (Å²) in [5.41, 5.74) is 4.94. The van der Waals surface area contributed by atoms with Crippen LogP contribution in [0.1, 0.15) is 18.8 Å². The Hall–Kier alpha value is -2.00. The first kappa shape index (κ1) is 14.4. The molecule has 20 heavy (non-hydrogen) atoms. The van der Waals surface area contributed by atoms with E-state index in [9.17, 15) is 17.6 Å². The third-order valence-corrected chi connectivity index (χ3v) is 3.05. The molecule has 0 fully saturated rings. The summed E-state index contributed by atoms with van der Waals surface area (Å²) in [5, 5.41) is -0.298. The SMILES string of the molecule is C[C@H](N)c1nc2cccc(F)c2c(=O)n1NS(C)(=O)=O. The van der Waals surface area contributed by atoms with E-state index in [2.05, 4.69) is 4.98 Å². The zero-order valence-electron chi connectivity index (χ0n) is 10.8. The summed E-state index contributed by atoms with van der Waals surface area (Å²) in [7, 11) is -3.74. The molecule has 0 saturated heterocycles. The molecule has 0 radical (unpaired) electrons. The van der Waals surface area contributed by atoms with Crippen LogP contribution < -0.4 is 16.1 Å². The molecule has 0 aliphatic heterocycles. The highest BCUT2D eigenvalue weighted by atomic mass is 32.2. The molecule has 7 nitrogen and oxygen atoms in total. The highest BCUT2D eigenvalue weighted by Crippen LogP contribution is 2.14. The second kappa shape index (κ2) is 4.84. The summed E-state index contributed by atoms with van der Waals surface area (Å²) in [6.45, 7) is 1.54. The number of halogens is 1. The molecule has 3 N–H and O–H groups in total. The summed E-state index contributed by atoms with van der Waals surface area (Å²) >= 11 is 0. The van der Waals surface area contributed by atoms with Gasteiger partial charge in [0.25, 0.3) is 5.56 Å². The van der Waals surface area contributed by atoms with Gasteiger partial charge in [-0.1, -0.05) is 6.07 Å². The van der Waals surface area contributed by atoms with E-state index < -0.39 is 27.4 Å². The van der Waals surface area contributed by atoms with Gasteiger partial charge in [0.05, 0.1) is 17.8 Å². The van der Waals surface area contributed by atoms with Gasteiger partial charge >= 0.3 is 0 Å². The van der Waals surface area contributed by atoms with E-state index in [0.29, 0.717) is 4.68 Å². The first-order valence-electron chi connectivity index (χ1n) is 5.65. The molecular weight excluding hydrogens is 287 g/mol. The molecule has 1 atom stereocenters. The van der Waals surface area contributed by atoms with Crippen molar-refractivity contribution in [3.8, 4) is 0 Å². The molecule has 0 bridgehead atoms. The number of nitrogens with two attached hydrogens (primary N) is 1. The minimum absolute atomic E-state index is 0.00137. The monoisotopic (exact) mass is 300 g/mol. The number of aromatic nitrogens is 2. The molecule has 1 aromatic heterocycles. The van der Waals surface area contributed by atoms with Crippen LogP contribution >= 0.6 is 0 Å². The lowest BCUT2D eigenvalue weighted by atomic mass is 10.2. The predicted molar refractivity (Wildman–Crippen MR) is 72.8 cm³/mol. The van der Waals surface area contributed by atoms with Gasteiger partial charge in [0, 0.05) is 0 Å². The molecule has 2 rings (SSSR count). The third kappa shape index (κ3) is 2.63. The van der Waals surface area contributed by atoms with Crippen LogP contribution in [0.5, 0.6) is 0 Å². The lowest BCUT2D eigenvalue weighted by Crippen LogP contribution is -2.37. The summed E-state index contributed by atoms with van der Waals surface area (Å²) in [6, 6.07) is 3.24. The molecule has 0 spiro atoms. The largest absolute Gasteiger partial charge is 0.322 e. The van der Waals surface area contributed by atoms with Crippen LogP contribution in [0.2, 0.25) is 0 Å². The normalized spacial score (nSPS) is 13.4. The van der Waals surface area contributed by atoms with Gasteiger partial charge < -0.3 is 5.73 Å². The van der Waals surface area contributed by atoms with E-state index in [4.69, 9.17) is 5.73 Å². The van der Waals surface area contributed by atoms with Crippen LogP contribution in [0.15, 0.2) is 23.0 Å². The number of hydrogen-bond acceptors (Lipinski definition) is 5. The average Bonchev–Trinajstić information content (AvgIpc) is 2.30. The Labute approximate surface area is 114 Å². The van der Waals surface area contributed by atoms with E-state index in [0.717, 1.165) is 12.3 Å². The molecule has 0 unspecified atom stereocenters. The van der Waals surface area contributed by atoms with Crippen LogP contribution in [-0.4, -0.2) is 24.3 Å². The Kier molecular flexibility index (Phi) is 3.48. The van der Waals surface area contributed by atoms with E-state index in [1.807, 2.05) is 4.83 Å². The number of nitrogens with zero attached hydrogens (tertiary/aromatic N) is 2. The van der Waals surface area contributed by atoms with Crippen LogP contribution in [0.3, 0.4) is 0 Å². The maximum absolute atomic E-state index is 13.7. The van der Waals surface area contributed by atoms with Crippen LogP contribution in [0, 0.1) is 5.82 Å². The van der Waals surface area contributed by atoms with Crippen molar-refractivity contribution in [2.75, 3.05) is 11.1 Å². The zero-order valence-corrected chi connectivity index (χ0v) is 11.6. The summed E-state index contributed by atoms with van der Waals surface area (Å²) in [5.74, 6) is -0.779. The Morgan fingerprint density at radius 3 is 2.65 bits per heavy atom. The second-order valence-corrected chi connectivity index (χ2v) is 6.12. The van der Waals surface area contributed by atoms with Gasteiger partial charge in [-0.05, 0) is 19.1 Å². The Balaban J connectivity index is 2.89. The third-order valence-electron chi connectivity index (χ3n) is 2.54. The Morgan fingerprint density at radius 1 is 1.45 bits per heavy atom. The molecule has 1 heterocycles. The molecule has 9 heteroatoms. The van der Waals surface area contributed by atoms with Crippen molar-refractivity contribution in [1.29, 1.82) is 0 Å². The summed E-state index contributed by atoms with van der Waals surface area (Å²) in [6.07, 6.45) is 0.871. The Bertz CT molecular complexity index is 829. The Morgan fingerprint density at radius 2 is 2.10 bits per heavy atom. The van der Waals surface area contributed by atoms with Crippen molar-refractivity contribution in [3.05, 3.63) is 40.2 Å². The number of benzene rings is 1. The van der Waals surface area contributed by atoms with Crippen molar-refractivity contribution < 1.29 is 12.8 Å². The maximum atomic E-state index is 13.7. The van der Waals surface area contributed by atoms with Crippen molar-refractivity contribution >= 4 is 20.9 Å². The van der Waals surface area contributed by atoms with Gasteiger partial charge in [0.2, 0.25) is 10.0 Å². The number of hydrogen-bond donors (Lipinski definition) is 2.